The Morgan fingerprint density at radius 3 is 2.68 bits per heavy atom. The number of nitrogens with one attached hydrogen (secondary N) is 1. The van der Waals surface area contributed by atoms with E-state index in [1.165, 1.54) is 22.4 Å². The van der Waals surface area contributed by atoms with Crippen molar-refractivity contribution < 1.29 is 37.5 Å². The Kier molecular flexibility index (Phi) is 10.3. The number of pyridine rings is 1. The van der Waals surface area contributed by atoms with Gasteiger partial charge in [0.2, 0.25) is 0 Å². The number of piperidine rings is 1. The Morgan fingerprint density at radius 1 is 1.24 bits per heavy atom. The number of likely N-dealkylation sites (tertiary alicyclic amines) is 1. The Morgan fingerprint density at radius 2 is 1.97 bits per heavy atom. The molecule has 1 aromatic heterocycles. The van der Waals surface area contributed by atoms with Crippen molar-refractivity contribution in [2.75, 3.05) is 19.6 Å². The number of aldehydes is 1. The number of rotatable bonds is 8. The van der Waals surface area contributed by atoms with Crippen molar-refractivity contribution in [2.45, 2.75) is 64.5 Å². The molecule has 1 N–H and O–H groups in total. The maximum absolute atomic E-state index is 11.6. The zero-order valence-corrected chi connectivity index (χ0v) is 24.2. The minimum Gasteiger partial charge on any atom is -0.586 e. The van der Waals surface area contributed by atoms with Gasteiger partial charge in [0.15, 0.2) is 0 Å². The molecule has 1 aliphatic carbocycles. The monoisotopic (exact) mass is 556 g/mol. The second-order valence-corrected chi connectivity index (χ2v) is 10.8. The fourth-order valence-corrected chi connectivity index (χ4v) is 5.66. The van der Waals surface area contributed by atoms with Crippen molar-refractivity contribution in [3.05, 3.63) is 69.4 Å². The van der Waals surface area contributed by atoms with Crippen LogP contribution in [0.5, 0.6) is 0 Å². The molecule has 7 heteroatoms. The molecule has 0 bridgehead atoms. The van der Waals surface area contributed by atoms with E-state index in [-0.39, 0.29) is 38.8 Å². The van der Waals surface area contributed by atoms with E-state index in [0.29, 0.717) is 11.8 Å². The topological polar surface area (TPSA) is 59.3 Å². The summed E-state index contributed by atoms with van der Waals surface area (Å²) in [6, 6.07) is 10.8. The van der Waals surface area contributed by atoms with Gasteiger partial charge >= 0.3 is 0 Å². The van der Waals surface area contributed by atoms with E-state index in [4.69, 9.17) is 16.6 Å². The second-order valence-electron chi connectivity index (χ2n) is 10.3. The molecule has 181 valence electrons. The summed E-state index contributed by atoms with van der Waals surface area (Å²) in [7, 11) is 0. The second kappa shape index (κ2) is 12.5. The summed E-state index contributed by atoms with van der Waals surface area (Å²) in [5, 5.41) is 0.805. The van der Waals surface area contributed by atoms with Crippen LogP contribution in [0.1, 0.15) is 68.5 Å². The van der Waals surface area contributed by atoms with Crippen LogP contribution in [0.15, 0.2) is 36.5 Å². The van der Waals surface area contributed by atoms with E-state index in [1.54, 1.807) is 0 Å². The van der Waals surface area contributed by atoms with E-state index in [0.717, 1.165) is 63.0 Å². The van der Waals surface area contributed by atoms with Crippen LogP contribution in [0.2, 0.25) is 5.02 Å². The minimum absolute atomic E-state index is 0. The van der Waals surface area contributed by atoms with E-state index in [1.807, 2.05) is 25.3 Å². The maximum Gasteiger partial charge on any atom is 0.106 e. The van der Waals surface area contributed by atoms with E-state index < -0.39 is 5.54 Å². The van der Waals surface area contributed by atoms with Gasteiger partial charge < -0.3 is 15.6 Å². The van der Waals surface area contributed by atoms with Gasteiger partial charge in [0.25, 0.3) is 0 Å². The molecule has 1 aliphatic heterocycles. The largest absolute Gasteiger partial charge is 0.586 e. The van der Waals surface area contributed by atoms with E-state index in [9.17, 15) is 4.79 Å². The molecule has 5 nitrogen and oxygen atoms in total. The van der Waals surface area contributed by atoms with Gasteiger partial charge in [0.1, 0.15) is 6.29 Å². The van der Waals surface area contributed by atoms with Crippen molar-refractivity contribution in [2.24, 2.45) is 11.8 Å². The third-order valence-electron chi connectivity index (χ3n) is 7.05. The van der Waals surface area contributed by atoms with Crippen molar-refractivity contribution in [3.63, 3.8) is 0 Å². The zero-order valence-electron chi connectivity index (χ0n) is 20.6. The Hall–Kier alpha value is -0.686. The molecule has 1 fully saturated rings. The Balaban J connectivity index is 0.00000324. The molecule has 1 radical (unpaired) electrons. The summed E-state index contributed by atoms with van der Waals surface area (Å²) in [4.78, 5) is 19.0. The third kappa shape index (κ3) is 6.75. The summed E-state index contributed by atoms with van der Waals surface area (Å²) in [6.45, 7) is 9.02. The van der Waals surface area contributed by atoms with Crippen LogP contribution in [0.4, 0.5) is 0 Å². The van der Waals surface area contributed by atoms with Gasteiger partial charge in [-0.25, -0.2) is 0 Å². The number of hydrogen-bond acceptors (Lipinski definition) is 4. The van der Waals surface area contributed by atoms with Crippen molar-refractivity contribution in [1.29, 1.82) is 0 Å². The summed E-state index contributed by atoms with van der Waals surface area (Å²) in [5.41, 5.74) is 12.4. The summed E-state index contributed by atoms with van der Waals surface area (Å²) in [6.07, 6.45) is 7.87. The number of halogens is 1. The van der Waals surface area contributed by atoms with Crippen molar-refractivity contribution in [3.8, 4) is 0 Å². The average Bonchev–Trinajstić information content (AvgIpc) is 2.96. The first-order chi connectivity index (χ1) is 15.9. The molecule has 0 spiro atoms. The fourth-order valence-electron chi connectivity index (χ4n) is 5.47. The molecule has 0 saturated carbocycles. The van der Waals surface area contributed by atoms with Gasteiger partial charge in [0.05, 0.1) is 11.7 Å². The van der Waals surface area contributed by atoms with Gasteiger partial charge in [0, 0.05) is 43.9 Å². The zero-order chi connectivity index (χ0) is 23.4. The first kappa shape index (κ1) is 27.9. The third-order valence-corrected chi connectivity index (χ3v) is 7.29. The van der Waals surface area contributed by atoms with Crippen LogP contribution < -0.4 is 5.43 Å². The molecule has 2 atom stereocenters. The molecular formula is C27H36ClN4OY-. The van der Waals surface area contributed by atoms with Crippen LogP contribution in [-0.2, 0) is 50.3 Å². The molecule has 2 heterocycles. The standard InChI is InChI=1S/C27H36ClN4O.Y/c1-19(2)16-27(3,18-33)31-30-17-20-10-13-32(14-11-20)26-24-9-8-23(28)15-22(24)7-6-21-5-4-12-29-25(21)26;/h4-5,8-9,12,15,18-20,26,30H,6-7,10-11,13-14,16-17H2,1-3H3;/q-1;. The van der Waals surface area contributed by atoms with Gasteiger partial charge in [-0.2, -0.15) is 0 Å². The number of aromatic nitrogens is 1. The molecule has 4 rings (SSSR count). The molecule has 1 aromatic carbocycles. The number of carbonyl (C=O) groups excluding carboxylic acids is 1. The molecule has 0 amide bonds. The number of benzene rings is 1. The summed E-state index contributed by atoms with van der Waals surface area (Å²) >= 11 is 6.35. The maximum atomic E-state index is 11.6. The fraction of sp³-hybridized carbons (Fsp3) is 0.556. The molecule has 34 heavy (non-hydrogen) atoms. The molecule has 2 unspecified atom stereocenters. The van der Waals surface area contributed by atoms with Gasteiger partial charge in [-0.05, 0) is 92.0 Å². The van der Waals surface area contributed by atoms with Crippen LogP contribution in [0.25, 0.3) is 5.43 Å². The van der Waals surface area contributed by atoms with Crippen molar-refractivity contribution >= 4 is 17.9 Å². The minimum atomic E-state index is -0.643. The predicted molar refractivity (Wildman–Crippen MR) is 135 cm³/mol. The molecule has 1 saturated heterocycles. The Labute approximate surface area is 234 Å². The van der Waals surface area contributed by atoms with Crippen LogP contribution in [0.3, 0.4) is 0 Å². The van der Waals surface area contributed by atoms with E-state index in [2.05, 4.69) is 47.8 Å². The predicted octanol–water partition coefficient (Wildman–Crippen LogP) is 5.51. The van der Waals surface area contributed by atoms with Gasteiger partial charge in [-0.1, -0.05) is 56.5 Å². The smallest absolute Gasteiger partial charge is 0.106 e. The SMILES string of the molecule is CC(C)CC(C)(C=O)[N-]NCC1CCN(C2c3ccc(Cl)cc3CCc3cccnc32)CC1.[Y]. The van der Waals surface area contributed by atoms with Crippen LogP contribution >= 0.6 is 11.6 Å². The average molecular weight is 557 g/mol. The molecular weight excluding hydrogens is 521 g/mol. The van der Waals surface area contributed by atoms with Gasteiger partial charge in [-0.15, -0.1) is 0 Å². The summed E-state index contributed by atoms with van der Waals surface area (Å²) in [5.74, 6) is 0.987. The number of nitrogens with zero attached hydrogens (tertiary/aromatic N) is 3. The van der Waals surface area contributed by atoms with Crippen LogP contribution in [-0.4, -0.2) is 41.3 Å². The first-order valence-electron chi connectivity index (χ1n) is 12.3. The van der Waals surface area contributed by atoms with Crippen LogP contribution in [0, 0.1) is 11.8 Å². The normalized spacial score (nSPS) is 20.6. The Bertz CT molecular complexity index is 963. The van der Waals surface area contributed by atoms with Crippen molar-refractivity contribution in [1.82, 2.24) is 15.3 Å². The first-order valence-corrected chi connectivity index (χ1v) is 12.6. The number of hydrogen-bond donors (Lipinski definition) is 1. The number of carbonyl (C=O) groups is 1. The number of fused-ring (bicyclic) bond motifs is 2. The number of aryl methyl sites for hydroxylation is 2. The molecule has 2 aromatic rings. The van der Waals surface area contributed by atoms with Gasteiger partial charge in [-0.3, -0.25) is 9.88 Å². The van der Waals surface area contributed by atoms with E-state index >= 15 is 0 Å². The summed E-state index contributed by atoms with van der Waals surface area (Å²) < 4.78 is 0. The molecule has 2 aliphatic rings. The quantitative estimate of drug-likeness (QED) is 0.344.